The third kappa shape index (κ3) is 0.697. The first-order chi connectivity index (χ1) is 4.29. The van der Waals surface area contributed by atoms with E-state index >= 15 is 0 Å². The zero-order valence-electron chi connectivity index (χ0n) is 5.46. The van der Waals surface area contributed by atoms with Gasteiger partial charge in [-0.2, -0.15) is 0 Å². The van der Waals surface area contributed by atoms with Crippen LogP contribution in [-0.2, 0) is 9.53 Å². The molecule has 1 heterocycles. The first kappa shape index (κ1) is 5.42. The van der Waals surface area contributed by atoms with Crippen molar-refractivity contribution in [3.05, 3.63) is 0 Å². The van der Waals surface area contributed by atoms with Crippen molar-refractivity contribution in [2.24, 2.45) is 5.92 Å². The fraction of sp³-hybridized carbons (Fsp3) is 0.857. The van der Waals surface area contributed by atoms with Crippen molar-refractivity contribution in [3.63, 3.8) is 0 Å². The summed E-state index contributed by atoms with van der Waals surface area (Å²) in [7, 11) is 0. The molecule has 0 N–H and O–H groups in total. The van der Waals surface area contributed by atoms with E-state index in [9.17, 15) is 4.79 Å². The van der Waals surface area contributed by atoms with E-state index in [1.807, 2.05) is 0 Å². The molecule has 0 bridgehead atoms. The van der Waals surface area contributed by atoms with Crippen molar-refractivity contribution in [1.29, 1.82) is 0 Å². The maximum atomic E-state index is 10.9. The van der Waals surface area contributed by atoms with Crippen molar-refractivity contribution in [2.45, 2.75) is 32.0 Å². The lowest BCUT2D eigenvalue weighted by atomic mass is 9.90. The van der Waals surface area contributed by atoms with Crippen LogP contribution in [0.5, 0.6) is 0 Å². The summed E-state index contributed by atoms with van der Waals surface area (Å²) in [5, 5.41) is 0. The average Bonchev–Trinajstić information content (AvgIpc) is 2.57. The van der Waals surface area contributed by atoms with Crippen molar-refractivity contribution in [2.75, 3.05) is 0 Å². The minimum absolute atomic E-state index is 0.00810. The third-order valence-electron chi connectivity index (χ3n) is 2.25. The molecule has 1 aliphatic heterocycles. The molecule has 1 aliphatic carbocycles. The minimum Gasteiger partial charge on any atom is -0.361 e. The number of carbonyl (C=O) groups is 1. The molecule has 2 fully saturated rings. The van der Waals surface area contributed by atoms with Crippen LogP contribution >= 0.6 is 0 Å². The van der Waals surface area contributed by atoms with Crippen LogP contribution < -0.4 is 0 Å². The van der Waals surface area contributed by atoms with Gasteiger partial charge in [-0.05, 0) is 12.3 Å². The maximum Gasteiger partial charge on any atom is 0.164 e. The van der Waals surface area contributed by atoms with Gasteiger partial charge in [0, 0.05) is 6.42 Å². The molecule has 0 aromatic carbocycles. The Morgan fingerprint density at radius 1 is 1.67 bits per heavy atom. The third-order valence-corrected chi connectivity index (χ3v) is 2.25. The van der Waals surface area contributed by atoms with Gasteiger partial charge in [0.1, 0.15) is 6.10 Å². The molecule has 2 aliphatic rings. The molecule has 2 heteroatoms. The second-order valence-electron chi connectivity index (χ2n) is 3.00. The van der Waals surface area contributed by atoms with Gasteiger partial charge in [-0.25, -0.2) is 0 Å². The smallest absolute Gasteiger partial charge is 0.164 e. The Labute approximate surface area is 54.2 Å². The summed E-state index contributed by atoms with van der Waals surface area (Å²) in [6.45, 7) is 2.15. The molecule has 0 unspecified atom stereocenters. The van der Waals surface area contributed by atoms with Crippen LogP contribution in [0, 0.1) is 5.92 Å². The van der Waals surface area contributed by atoms with Gasteiger partial charge >= 0.3 is 0 Å². The summed E-state index contributed by atoms with van der Waals surface area (Å²) < 4.78 is 5.15. The zero-order chi connectivity index (χ0) is 6.43. The zero-order valence-corrected chi connectivity index (χ0v) is 5.46. The normalized spacial score (nSPS) is 48.6. The van der Waals surface area contributed by atoms with E-state index in [0.29, 0.717) is 17.8 Å². The summed E-state index contributed by atoms with van der Waals surface area (Å²) >= 11 is 0. The highest BCUT2D eigenvalue weighted by molar-refractivity contribution is 5.86. The van der Waals surface area contributed by atoms with Crippen molar-refractivity contribution < 1.29 is 9.53 Å². The van der Waals surface area contributed by atoms with Crippen LogP contribution in [0.25, 0.3) is 0 Å². The number of hydrogen-bond donors (Lipinski definition) is 0. The molecule has 9 heavy (non-hydrogen) atoms. The second kappa shape index (κ2) is 1.57. The molecule has 1 saturated carbocycles. The van der Waals surface area contributed by atoms with E-state index in [1.165, 1.54) is 0 Å². The first-order valence-corrected chi connectivity index (χ1v) is 3.47. The molecule has 0 spiro atoms. The van der Waals surface area contributed by atoms with Crippen LogP contribution in [0.15, 0.2) is 0 Å². The Hall–Kier alpha value is -0.370. The number of carbonyl (C=O) groups excluding carboxylic acids is 1. The van der Waals surface area contributed by atoms with Crippen LogP contribution in [0.2, 0.25) is 0 Å². The number of epoxide rings is 1. The molecule has 50 valence electrons. The number of Topliss-reactive ketones (excluding diaryl/α,β-unsaturated/α-hetero) is 1. The number of fused-ring (bicyclic) bond motifs is 1. The number of rotatable bonds is 0. The van der Waals surface area contributed by atoms with Crippen molar-refractivity contribution in [3.8, 4) is 0 Å². The molecule has 2 nitrogen and oxygen atoms in total. The highest BCUT2D eigenvalue weighted by Gasteiger charge is 2.50. The van der Waals surface area contributed by atoms with Gasteiger partial charge in [0.2, 0.25) is 0 Å². The largest absolute Gasteiger partial charge is 0.361 e. The highest BCUT2D eigenvalue weighted by atomic mass is 16.6. The molecular formula is C7H10O2. The summed E-state index contributed by atoms with van der Waals surface area (Å²) in [6.07, 6.45) is 2.07. The molecular weight excluding hydrogens is 116 g/mol. The Kier molecular flexibility index (Phi) is 0.943. The highest BCUT2D eigenvalue weighted by Crippen LogP contribution is 2.37. The molecule has 0 radical (unpaired) electrons. The molecule has 0 amide bonds. The number of ether oxygens (including phenoxy) is 1. The fourth-order valence-corrected chi connectivity index (χ4v) is 1.49. The molecule has 2 rings (SSSR count). The van der Waals surface area contributed by atoms with E-state index in [1.54, 1.807) is 0 Å². The van der Waals surface area contributed by atoms with Crippen LogP contribution in [-0.4, -0.2) is 18.0 Å². The summed E-state index contributed by atoms with van der Waals surface area (Å²) in [5.41, 5.74) is 0. The van der Waals surface area contributed by atoms with Gasteiger partial charge in [0.25, 0.3) is 0 Å². The quantitative estimate of drug-likeness (QED) is 0.448. The van der Waals surface area contributed by atoms with E-state index < -0.39 is 0 Å². The fourth-order valence-electron chi connectivity index (χ4n) is 1.49. The van der Waals surface area contributed by atoms with Gasteiger partial charge in [-0.1, -0.05) is 6.92 Å². The number of ketones is 1. The summed E-state index contributed by atoms with van der Waals surface area (Å²) in [4.78, 5) is 10.9. The lowest BCUT2D eigenvalue weighted by molar-refractivity contribution is -0.120. The maximum absolute atomic E-state index is 10.9. The molecule has 3 atom stereocenters. The first-order valence-electron chi connectivity index (χ1n) is 3.47. The van der Waals surface area contributed by atoms with Gasteiger partial charge < -0.3 is 4.74 Å². The van der Waals surface area contributed by atoms with Crippen LogP contribution in [0.3, 0.4) is 0 Å². The monoisotopic (exact) mass is 126 g/mol. The van der Waals surface area contributed by atoms with Gasteiger partial charge in [0.05, 0.1) is 6.10 Å². The van der Waals surface area contributed by atoms with E-state index in [2.05, 4.69) is 6.92 Å². The summed E-state index contributed by atoms with van der Waals surface area (Å²) in [5.74, 6) is 0.936. The SMILES string of the molecule is C[C@@H]1CCC(=O)[C@@H]2O[C@H]12. The predicted molar refractivity (Wildman–Crippen MR) is 32.1 cm³/mol. The molecule has 0 aromatic heterocycles. The van der Waals surface area contributed by atoms with Gasteiger partial charge in [-0.15, -0.1) is 0 Å². The van der Waals surface area contributed by atoms with E-state index in [0.717, 1.165) is 12.8 Å². The lowest BCUT2D eigenvalue weighted by Gasteiger charge is -2.10. The van der Waals surface area contributed by atoms with E-state index in [4.69, 9.17) is 4.74 Å². The number of hydrogen-bond acceptors (Lipinski definition) is 2. The van der Waals surface area contributed by atoms with Crippen LogP contribution in [0.1, 0.15) is 19.8 Å². The van der Waals surface area contributed by atoms with Crippen molar-refractivity contribution >= 4 is 5.78 Å². The predicted octanol–water partition coefficient (Wildman–Crippen LogP) is 0.753. The van der Waals surface area contributed by atoms with Gasteiger partial charge in [0.15, 0.2) is 5.78 Å². The van der Waals surface area contributed by atoms with Gasteiger partial charge in [-0.3, -0.25) is 4.79 Å². The standard InChI is InChI=1S/C7H10O2/c1-4-2-3-5(8)7-6(4)9-7/h4,6-7H,2-3H2,1H3/t4-,6-,7+/m1/s1. The van der Waals surface area contributed by atoms with E-state index in [-0.39, 0.29) is 6.10 Å². The Morgan fingerprint density at radius 2 is 2.44 bits per heavy atom. The topological polar surface area (TPSA) is 29.6 Å². The van der Waals surface area contributed by atoms with Crippen molar-refractivity contribution in [1.82, 2.24) is 0 Å². The minimum atomic E-state index is 0.00810. The Balaban J connectivity index is 2.08. The lowest BCUT2D eigenvalue weighted by Crippen LogP contribution is -2.21. The Morgan fingerprint density at radius 3 is 3.11 bits per heavy atom. The Bertz CT molecular complexity index is 153. The summed E-state index contributed by atoms with van der Waals surface area (Å²) in [6, 6.07) is 0. The second-order valence-corrected chi connectivity index (χ2v) is 3.00. The average molecular weight is 126 g/mol. The molecule has 0 aromatic rings. The van der Waals surface area contributed by atoms with Crippen LogP contribution in [0.4, 0.5) is 0 Å². The molecule has 1 saturated heterocycles.